The van der Waals surface area contributed by atoms with Gasteiger partial charge in [0.1, 0.15) is 5.75 Å². The molecule has 4 aromatic rings. The summed E-state index contributed by atoms with van der Waals surface area (Å²) >= 11 is 3.75. The van der Waals surface area contributed by atoms with Crippen molar-refractivity contribution in [2.75, 3.05) is 7.11 Å². The summed E-state index contributed by atoms with van der Waals surface area (Å²) < 4.78 is 6.57. The standard InChI is InChI=1S/C30H27BrO/c1-29(2,3)20-9-11-21(12-10-20)30(22-13-16-24(32-4)17-14-22)27-8-6-5-7-25(27)26-18-15-23(31)19-28(26)30/h5-19H,1-4H3. The Morgan fingerprint density at radius 1 is 0.688 bits per heavy atom. The molecule has 0 saturated carbocycles. The molecule has 1 aliphatic carbocycles. The molecular weight excluding hydrogens is 456 g/mol. The van der Waals surface area contributed by atoms with Gasteiger partial charge in [-0.05, 0) is 68.6 Å². The van der Waals surface area contributed by atoms with Crippen molar-refractivity contribution in [1.82, 2.24) is 0 Å². The fourth-order valence-corrected chi connectivity index (χ4v) is 5.46. The van der Waals surface area contributed by atoms with Crippen molar-refractivity contribution in [2.24, 2.45) is 0 Å². The van der Waals surface area contributed by atoms with E-state index in [0.29, 0.717) is 0 Å². The van der Waals surface area contributed by atoms with Gasteiger partial charge >= 0.3 is 0 Å². The van der Waals surface area contributed by atoms with E-state index in [0.717, 1.165) is 10.2 Å². The van der Waals surface area contributed by atoms with Crippen molar-refractivity contribution in [3.8, 4) is 16.9 Å². The molecule has 160 valence electrons. The molecule has 0 saturated heterocycles. The smallest absolute Gasteiger partial charge is 0.118 e. The van der Waals surface area contributed by atoms with E-state index >= 15 is 0 Å². The number of rotatable bonds is 3. The van der Waals surface area contributed by atoms with Crippen molar-refractivity contribution >= 4 is 15.9 Å². The normalized spacial score (nSPS) is 17.0. The Kier molecular flexibility index (Phi) is 5.02. The first kappa shape index (κ1) is 21.0. The van der Waals surface area contributed by atoms with Gasteiger partial charge in [0.15, 0.2) is 0 Å². The summed E-state index contributed by atoms with van der Waals surface area (Å²) in [5.74, 6) is 0.868. The van der Waals surface area contributed by atoms with E-state index in [9.17, 15) is 0 Å². The molecule has 0 bridgehead atoms. The van der Waals surface area contributed by atoms with E-state index in [-0.39, 0.29) is 5.41 Å². The lowest BCUT2D eigenvalue weighted by Gasteiger charge is -2.34. The molecule has 1 aliphatic rings. The lowest BCUT2D eigenvalue weighted by molar-refractivity contribution is 0.414. The van der Waals surface area contributed by atoms with Gasteiger partial charge in [-0.1, -0.05) is 103 Å². The third-order valence-corrected chi connectivity index (χ3v) is 7.21. The maximum atomic E-state index is 5.47. The molecule has 0 spiro atoms. The van der Waals surface area contributed by atoms with Crippen LogP contribution in [0.1, 0.15) is 48.6 Å². The Labute approximate surface area is 199 Å². The average Bonchev–Trinajstić information content (AvgIpc) is 3.09. The minimum atomic E-state index is -0.390. The Morgan fingerprint density at radius 2 is 1.28 bits per heavy atom. The fourth-order valence-electron chi connectivity index (χ4n) is 5.10. The van der Waals surface area contributed by atoms with Crippen LogP contribution in [-0.2, 0) is 10.8 Å². The van der Waals surface area contributed by atoms with Crippen molar-refractivity contribution in [2.45, 2.75) is 31.6 Å². The van der Waals surface area contributed by atoms with Crippen LogP contribution in [-0.4, -0.2) is 7.11 Å². The molecule has 0 heterocycles. The highest BCUT2D eigenvalue weighted by Gasteiger charge is 2.46. The molecule has 5 rings (SSSR count). The third kappa shape index (κ3) is 3.12. The fraction of sp³-hybridized carbons (Fsp3) is 0.200. The number of methoxy groups -OCH3 is 1. The zero-order valence-corrected chi connectivity index (χ0v) is 20.5. The average molecular weight is 483 g/mol. The minimum absolute atomic E-state index is 0.111. The molecular formula is C30H27BrO. The lowest BCUT2D eigenvalue weighted by atomic mass is 9.67. The number of fused-ring (bicyclic) bond motifs is 3. The number of ether oxygens (including phenoxy) is 1. The van der Waals surface area contributed by atoms with Crippen molar-refractivity contribution in [3.63, 3.8) is 0 Å². The molecule has 0 fully saturated rings. The van der Waals surface area contributed by atoms with Gasteiger partial charge in [0.05, 0.1) is 12.5 Å². The molecule has 0 N–H and O–H groups in total. The van der Waals surface area contributed by atoms with Gasteiger partial charge in [0.25, 0.3) is 0 Å². The number of hydrogen-bond donors (Lipinski definition) is 0. The molecule has 0 aliphatic heterocycles. The van der Waals surface area contributed by atoms with Gasteiger partial charge < -0.3 is 4.74 Å². The maximum Gasteiger partial charge on any atom is 0.118 e. The number of hydrogen-bond acceptors (Lipinski definition) is 1. The largest absolute Gasteiger partial charge is 0.497 e. The molecule has 0 radical (unpaired) electrons. The first-order chi connectivity index (χ1) is 15.4. The molecule has 0 amide bonds. The molecule has 4 aromatic carbocycles. The van der Waals surface area contributed by atoms with E-state index < -0.39 is 5.41 Å². The van der Waals surface area contributed by atoms with Crippen LogP contribution >= 0.6 is 15.9 Å². The van der Waals surface area contributed by atoms with Crippen LogP contribution in [0.25, 0.3) is 11.1 Å². The summed E-state index contributed by atoms with van der Waals surface area (Å²) in [5.41, 5.74) is 8.80. The van der Waals surface area contributed by atoms with Gasteiger partial charge in [-0.3, -0.25) is 0 Å². The summed E-state index contributed by atoms with van der Waals surface area (Å²) in [5, 5.41) is 0. The number of halogens is 1. The third-order valence-electron chi connectivity index (χ3n) is 6.71. The maximum absolute atomic E-state index is 5.47. The Bertz CT molecular complexity index is 1280. The van der Waals surface area contributed by atoms with Gasteiger partial charge in [-0.2, -0.15) is 0 Å². The van der Waals surface area contributed by atoms with Crippen LogP contribution in [0.4, 0.5) is 0 Å². The highest BCUT2D eigenvalue weighted by Crippen LogP contribution is 2.56. The topological polar surface area (TPSA) is 9.23 Å². The van der Waals surface area contributed by atoms with Crippen molar-refractivity contribution < 1.29 is 4.74 Å². The van der Waals surface area contributed by atoms with Gasteiger partial charge in [0, 0.05) is 4.47 Å². The van der Waals surface area contributed by atoms with E-state index in [1.165, 1.54) is 38.9 Å². The second kappa shape index (κ2) is 7.64. The Hall–Kier alpha value is -2.84. The second-order valence-electron chi connectivity index (χ2n) is 9.54. The molecule has 0 aromatic heterocycles. The summed E-state index contributed by atoms with van der Waals surface area (Å²) in [6, 6.07) is 33.3. The van der Waals surface area contributed by atoms with Gasteiger partial charge in [0.2, 0.25) is 0 Å². The zero-order valence-electron chi connectivity index (χ0n) is 18.9. The summed E-state index contributed by atoms with van der Waals surface area (Å²) in [7, 11) is 1.72. The molecule has 1 nitrogen and oxygen atoms in total. The Morgan fingerprint density at radius 3 is 1.91 bits per heavy atom. The van der Waals surface area contributed by atoms with E-state index in [4.69, 9.17) is 4.74 Å². The highest BCUT2D eigenvalue weighted by molar-refractivity contribution is 9.10. The van der Waals surface area contributed by atoms with Gasteiger partial charge in [-0.15, -0.1) is 0 Å². The molecule has 32 heavy (non-hydrogen) atoms. The van der Waals surface area contributed by atoms with E-state index in [1.54, 1.807) is 7.11 Å². The van der Waals surface area contributed by atoms with Crippen LogP contribution in [0.3, 0.4) is 0 Å². The van der Waals surface area contributed by atoms with Crippen LogP contribution in [0, 0.1) is 0 Å². The van der Waals surface area contributed by atoms with Crippen LogP contribution in [0.5, 0.6) is 5.75 Å². The molecule has 1 unspecified atom stereocenters. The minimum Gasteiger partial charge on any atom is -0.497 e. The summed E-state index contributed by atoms with van der Waals surface area (Å²) in [6.07, 6.45) is 0. The van der Waals surface area contributed by atoms with Crippen molar-refractivity contribution in [1.29, 1.82) is 0 Å². The predicted octanol–water partition coefficient (Wildman–Crippen LogP) is 8.12. The first-order valence-electron chi connectivity index (χ1n) is 11.0. The van der Waals surface area contributed by atoms with Crippen molar-refractivity contribution in [3.05, 3.63) is 123 Å². The monoisotopic (exact) mass is 482 g/mol. The Balaban J connectivity index is 1.87. The van der Waals surface area contributed by atoms with Crippen LogP contribution in [0.2, 0.25) is 0 Å². The summed E-state index contributed by atoms with van der Waals surface area (Å²) in [4.78, 5) is 0. The van der Waals surface area contributed by atoms with E-state index in [2.05, 4.69) is 128 Å². The second-order valence-corrected chi connectivity index (χ2v) is 10.5. The predicted molar refractivity (Wildman–Crippen MR) is 137 cm³/mol. The summed E-state index contributed by atoms with van der Waals surface area (Å²) in [6.45, 7) is 6.79. The highest BCUT2D eigenvalue weighted by atomic mass is 79.9. The first-order valence-corrected chi connectivity index (χ1v) is 11.8. The van der Waals surface area contributed by atoms with E-state index in [1.807, 2.05) is 0 Å². The number of benzene rings is 4. The zero-order chi connectivity index (χ0) is 22.5. The van der Waals surface area contributed by atoms with Gasteiger partial charge in [-0.25, -0.2) is 0 Å². The van der Waals surface area contributed by atoms with Crippen LogP contribution in [0.15, 0.2) is 95.5 Å². The lowest BCUT2D eigenvalue weighted by Crippen LogP contribution is -2.28. The quantitative estimate of drug-likeness (QED) is 0.252. The molecule has 1 atom stereocenters. The SMILES string of the molecule is COc1ccc(C2(c3ccc(C(C)(C)C)cc3)c3ccccc3-c3ccc(Br)cc32)cc1. The van der Waals surface area contributed by atoms with Crippen LogP contribution < -0.4 is 4.74 Å². The molecule has 2 heteroatoms.